The number of nitrogens with zero attached hydrogens (tertiary/aromatic N) is 1. The lowest BCUT2D eigenvalue weighted by Crippen LogP contribution is -2.52. The SMILES string of the molecule is O=C(O)C1Cc2c([nH]c3ccc(O)cc23)CN1C(=O)C(F)(F)F. The number of hydrogen-bond acceptors (Lipinski definition) is 3. The van der Waals surface area contributed by atoms with Gasteiger partial charge in [0.25, 0.3) is 0 Å². The lowest BCUT2D eigenvalue weighted by atomic mass is 9.96. The van der Waals surface area contributed by atoms with Crippen LogP contribution in [0.15, 0.2) is 18.2 Å². The molecule has 1 aliphatic heterocycles. The predicted molar refractivity (Wildman–Crippen MR) is 71.7 cm³/mol. The first-order valence-electron chi connectivity index (χ1n) is 6.61. The lowest BCUT2D eigenvalue weighted by Gasteiger charge is -2.33. The quantitative estimate of drug-likeness (QED) is 0.744. The van der Waals surface area contributed by atoms with E-state index in [0.29, 0.717) is 27.1 Å². The number of halogens is 3. The van der Waals surface area contributed by atoms with Crippen LogP contribution < -0.4 is 0 Å². The summed E-state index contributed by atoms with van der Waals surface area (Å²) in [6, 6.07) is 2.73. The molecule has 3 N–H and O–H groups in total. The average molecular weight is 328 g/mol. The van der Waals surface area contributed by atoms with Crippen molar-refractivity contribution in [3.63, 3.8) is 0 Å². The summed E-state index contributed by atoms with van der Waals surface area (Å²) in [4.78, 5) is 26.0. The van der Waals surface area contributed by atoms with Crippen molar-refractivity contribution in [2.24, 2.45) is 0 Å². The van der Waals surface area contributed by atoms with Crippen LogP contribution in [-0.2, 0) is 22.6 Å². The standard InChI is InChI=1S/C14H11F3N2O4/c15-14(16,17)13(23)19-5-10-8(4-11(19)12(21)22)7-3-6(20)1-2-9(7)18-10/h1-3,11,18,20H,4-5H2,(H,21,22). The van der Waals surface area contributed by atoms with Gasteiger partial charge in [-0.2, -0.15) is 13.2 Å². The minimum Gasteiger partial charge on any atom is -0.508 e. The Labute approximate surface area is 127 Å². The molecular formula is C14H11F3N2O4. The molecule has 1 unspecified atom stereocenters. The van der Waals surface area contributed by atoms with E-state index < -0.39 is 30.6 Å². The summed E-state index contributed by atoms with van der Waals surface area (Å²) in [7, 11) is 0. The smallest absolute Gasteiger partial charge is 0.471 e. The molecule has 1 aliphatic rings. The van der Waals surface area contributed by atoms with Crippen LogP contribution >= 0.6 is 0 Å². The van der Waals surface area contributed by atoms with E-state index in [0.717, 1.165) is 0 Å². The number of carbonyl (C=O) groups excluding carboxylic acids is 1. The number of H-pyrrole nitrogens is 1. The van der Waals surface area contributed by atoms with E-state index in [4.69, 9.17) is 0 Å². The van der Waals surface area contributed by atoms with Gasteiger partial charge < -0.3 is 20.1 Å². The van der Waals surface area contributed by atoms with Crippen molar-refractivity contribution < 1.29 is 33.0 Å². The van der Waals surface area contributed by atoms with Gasteiger partial charge in [0.1, 0.15) is 11.8 Å². The van der Waals surface area contributed by atoms with Crippen LogP contribution in [0.3, 0.4) is 0 Å². The van der Waals surface area contributed by atoms with Gasteiger partial charge in [0.05, 0.1) is 6.54 Å². The Morgan fingerprint density at radius 3 is 2.61 bits per heavy atom. The van der Waals surface area contributed by atoms with Gasteiger partial charge in [0, 0.05) is 23.0 Å². The minimum absolute atomic E-state index is 0.0417. The number of phenols is 1. The number of carboxylic acids is 1. The highest BCUT2D eigenvalue weighted by atomic mass is 19.4. The third kappa shape index (κ3) is 2.47. The molecule has 0 aliphatic carbocycles. The van der Waals surface area contributed by atoms with Crippen LogP contribution in [0.4, 0.5) is 13.2 Å². The number of rotatable bonds is 1. The number of carboxylic acid groups (broad SMARTS) is 1. The van der Waals surface area contributed by atoms with E-state index in [9.17, 15) is 33.0 Å². The highest BCUT2D eigenvalue weighted by molar-refractivity contribution is 5.91. The van der Waals surface area contributed by atoms with Crippen molar-refractivity contribution in [2.75, 3.05) is 0 Å². The number of amides is 1. The molecule has 122 valence electrons. The summed E-state index contributed by atoms with van der Waals surface area (Å²) in [5.74, 6) is -3.74. The average Bonchev–Trinajstić information content (AvgIpc) is 2.81. The topological polar surface area (TPSA) is 93.6 Å². The maximum absolute atomic E-state index is 12.7. The van der Waals surface area contributed by atoms with Crippen molar-refractivity contribution in [2.45, 2.75) is 25.2 Å². The fraction of sp³-hybridized carbons (Fsp3) is 0.286. The Bertz CT molecular complexity index is 812. The number of fused-ring (bicyclic) bond motifs is 3. The summed E-state index contributed by atoms with van der Waals surface area (Å²) in [5, 5.41) is 19.3. The summed E-state index contributed by atoms with van der Waals surface area (Å²) >= 11 is 0. The highest BCUT2D eigenvalue weighted by Crippen LogP contribution is 2.34. The zero-order valence-corrected chi connectivity index (χ0v) is 11.5. The molecule has 2 aromatic rings. The zero-order chi connectivity index (χ0) is 16.9. The number of nitrogens with one attached hydrogen (secondary N) is 1. The van der Waals surface area contributed by atoms with E-state index in [2.05, 4.69) is 4.98 Å². The lowest BCUT2D eigenvalue weighted by molar-refractivity contribution is -0.191. The second kappa shape index (κ2) is 4.90. The van der Waals surface area contributed by atoms with Crippen molar-refractivity contribution in [3.05, 3.63) is 29.5 Å². The van der Waals surface area contributed by atoms with Crippen molar-refractivity contribution in [1.82, 2.24) is 9.88 Å². The molecule has 9 heteroatoms. The molecule has 2 heterocycles. The Kier molecular flexibility index (Phi) is 3.24. The maximum Gasteiger partial charge on any atom is 0.471 e. The third-order valence-electron chi connectivity index (χ3n) is 3.87. The fourth-order valence-corrected chi connectivity index (χ4v) is 2.84. The van der Waals surface area contributed by atoms with Gasteiger partial charge in [0.15, 0.2) is 0 Å². The molecule has 3 rings (SSSR count). The molecule has 0 saturated heterocycles. The van der Waals surface area contributed by atoms with Gasteiger partial charge in [-0.1, -0.05) is 0 Å². The number of phenolic OH excluding ortho intramolecular Hbond substituents is 1. The molecule has 0 spiro atoms. The van der Waals surface area contributed by atoms with Gasteiger partial charge >= 0.3 is 18.1 Å². The van der Waals surface area contributed by atoms with Gasteiger partial charge in [0.2, 0.25) is 0 Å². The Hall–Kier alpha value is -2.71. The first kappa shape index (κ1) is 15.2. The molecular weight excluding hydrogens is 317 g/mol. The first-order chi connectivity index (χ1) is 10.7. The summed E-state index contributed by atoms with van der Waals surface area (Å²) < 4.78 is 38.0. The van der Waals surface area contributed by atoms with Crippen LogP contribution in [0.5, 0.6) is 5.75 Å². The number of aromatic nitrogens is 1. The van der Waals surface area contributed by atoms with E-state index >= 15 is 0 Å². The highest BCUT2D eigenvalue weighted by Gasteiger charge is 2.48. The molecule has 1 aromatic carbocycles. The number of alkyl halides is 3. The van der Waals surface area contributed by atoms with E-state index in [1.807, 2.05) is 0 Å². The van der Waals surface area contributed by atoms with Gasteiger partial charge in [-0.15, -0.1) is 0 Å². The number of benzene rings is 1. The third-order valence-corrected chi connectivity index (χ3v) is 3.87. The number of aliphatic carboxylic acids is 1. The molecule has 0 bridgehead atoms. The van der Waals surface area contributed by atoms with E-state index in [1.54, 1.807) is 0 Å². The normalized spacial score (nSPS) is 18.0. The van der Waals surface area contributed by atoms with Gasteiger partial charge in [-0.05, 0) is 23.8 Å². The maximum atomic E-state index is 12.7. The van der Waals surface area contributed by atoms with Crippen molar-refractivity contribution in [1.29, 1.82) is 0 Å². The summed E-state index contributed by atoms with van der Waals surface area (Å²) in [5.41, 5.74) is 1.38. The molecule has 0 radical (unpaired) electrons. The van der Waals surface area contributed by atoms with Crippen molar-refractivity contribution in [3.8, 4) is 5.75 Å². The second-order valence-electron chi connectivity index (χ2n) is 5.30. The summed E-state index contributed by atoms with van der Waals surface area (Å²) in [6.45, 7) is -0.486. The molecule has 0 saturated carbocycles. The number of aromatic amines is 1. The molecule has 0 fully saturated rings. The Balaban J connectivity index is 2.09. The number of aromatic hydroxyl groups is 1. The van der Waals surface area contributed by atoms with Gasteiger partial charge in [-0.3, -0.25) is 4.79 Å². The number of hydrogen-bond donors (Lipinski definition) is 3. The van der Waals surface area contributed by atoms with Crippen LogP contribution in [-0.4, -0.2) is 44.2 Å². The second-order valence-corrected chi connectivity index (χ2v) is 5.30. The van der Waals surface area contributed by atoms with Crippen LogP contribution in [0.1, 0.15) is 11.3 Å². The van der Waals surface area contributed by atoms with Gasteiger partial charge in [-0.25, -0.2) is 4.79 Å². The summed E-state index contributed by atoms with van der Waals surface area (Å²) in [6.07, 6.45) is -5.41. The van der Waals surface area contributed by atoms with E-state index in [1.165, 1.54) is 18.2 Å². The van der Waals surface area contributed by atoms with Crippen LogP contribution in [0, 0.1) is 0 Å². The molecule has 23 heavy (non-hydrogen) atoms. The fourth-order valence-electron chi connectivity index (χ4n) is 2.84. The largest absolute Gasteiger partial charge is 0.508 e. The molecule has 6 nitrogen and oxygen atoms in total. The zero-order valence-electron chi connectivity index (χ0n) is 11.5. The Morgan fingerprint density at radius 1 is 1.30 bits per heavy atom. The van der Waals surface area contributed by atoms with Crippen LogP contribution in [0.25, 0.3) is 10.9 Å². The molecule has 1 atom stereocenters. The van der Waals surface area contributed by atoms with E-state index in [-0.39, 0.29) is 12.2 Å². The minimum atomic E-state index is -5.14. The molecule has 1 aromatic heterocycles. The molecule has 1 amide bonds. The van der Waals surface area contributed by atoms with Crippen molar-refractivity contribution >= 4 is 22.8 Å². The Morgan fingerprint density at radius 2 is 2.00 bits per heavy atom. The monoisotopic (exact) mass is 328 g/mol. The van der Waals surface area contributed by atoms with Crippen LogP contribution in [0.2, 0.25) is 0 Å². The number of carbonyl (C=O) groups is 2. The first-order valence-corrected chi connectivity index (χ1v) is 6.61. The predicted octanol–water partition coefficient (Wildman–Crippen LogP) is 1.77.